The molecule has 1 aliphatic rings. The van der Waals surface area contributed by atoms with Crippen LogP contribution in [0.3, 0.4) is 0 Å². The van der Waals surface area contributed by atoms with Gasteiger partial charge in [0.15, 0.2) is 0 Å². The Morgan fingerprint density at radius 1 is 1.13 bits per heavy atom. The first kappa shape index (κ1) is 17.9. The average Bonchev–Trinajstić information content (AvgIpc) is 2.59. The maximum atomic E-state index is 12.8. The minimum atomic E-state index is -0.316. The molecule has 2 rings (SSSR count). The van der Waals surface area contributed by atoms with Gasteiger partial charge >= 0.3 is 0 Å². The lowest BCUT2D eigenvalue weighted by molar-refractivity contribution is 0.0952. The lowest BCUT2D eigenvalue weighted by Gasteiger charge is -2.31. The molecule has 4 heteroatoms. The Kier molecular flexibility index (Phi) is 7.53. The molecule has 1 aromatic rings. The Bertz CT molecular complexity index is 469. The van der Waals surface area contributed by atoms with Crippen molar-refractivity contribution in [2.75, 3.05) is 20.1 Å². The third kappa shape index (κ3) is 6.30. The zero-order valence-corrected chi connectivity index (χ0v) is 14.2. The summed E-state index contributed by atoms with van der Waals surface area (Å²) in [5.41, 5.74) is 0.517. The molecule has 1 fully saturated rings. The number of halogens is 1. The van der Waals surface area contributed by atoms with Gasteiger partial charge in [0.1, 0.15) is 5.82 Å². The van der Waals surface area contributed by atoms with Gasteiger partial charge in [-0.25, -0.2) is 4.39 Å². The molecule has 1 N–H and O–H groups in total. The molecule has 0 aromatic heterocycles. The van der Waals surface area contributed by atoms with Gasteiger partial charge in [-0.1, -0.05) is 25.7 Å². The first-order valence-electron chi connectivity index (χ1n) is 8.91. The van der Waals surface area contributed by atoms with Gasteiger partial charge in [0.25, 0.3) is 5.91 Å². The monoisotopic (exact) mass is 320 g/mol. The van der Waals surface area contributed by atoms with Gasteiger partial charge in [-0.15, -0.1) is 0 Å². The summed E-state index contributed by atoms with van der Waals surface area (Å²) < 4.78 is 12.8. The second-order valence-corrected chi connectivity index (χ2v) is 6.60. The molecule has 1 aromatic carbocycles. The second kappa shape index (κ2) is 9.66. The van der Waals surface area contributed by atoms with E-state index < -0.39 is 0 Å². The van der Waals surface area contributed by atoms with E-state index in [-0.39, 0.29) is 11.7 Å². The third-order valence-electron chi connectivity index (χ3n) is 4.78. The predicted molar refractivity (Wildman–Crippen MR) is 92.1 cm³/mol. The first-order chi connectivity index (χ1) is 11.2. The van der Waals surface area contributed by atoms with Crippen molar-refractivity contribution < 1.29 is 9.18 Å². The number of rotatable bonds is 8. The van der Waals surface area contributed by atoms with Gasteiger partial charge in [0.2, 0.25) is 0 Å². The van der Waals surface area contributed by atoms with Crippen LogP contribution in [0.4, 0.5) is 4.39 Å². The molecule has 0 saturated heterocycles. The van der Waals surface area contributed by atoms with Crippen LogP contribution in [0.1, 0.15) is 61.7 Å². The molecule has 0 heterocycles. The van der Waals surface area contributed by atoms with Crippen LogP contribution in [0.5, 0.6) is 0 Å². The highest BCUT2D eigenvalue weighted by Crippen LogP contribution is 2.21. The van der Waals surface area contributed by atoms with E-state index in [1.54, 1.807) is 0 Å². The van der Waals surface area contributed by atoms with E-state index in [9.17, 15) is 9.18 Å². The van der Waals surface area contributed by atoms with Crippen LogP contribution < -0.4 is 5.32 Å². The number of benzene rings is 1. The van der Waals surface area contributed by atoms with Gasteiger partial charge in [0.05, 0.1) is 0 Å². The predicted octanol–water partition coefficient (Wildman–Crippen LogP) is 3.99. The van der Waals surface area contributed by atoms with Gasteiger partial charge in [-0.3, -0.25) is 4.79 Å². The fourth-order valence-electron chi connectivity index (χ4n) is 3.27. The molecule has 0 aliphatic heterocycles. The molecule has 1 saturated carbocycles. The highest BCUT2D eigenvalue weighted by atomic mass is 19.1. The average molecular weight is 320 g/mol. The number of carbonyl (C=O) groups excluding carboxylic acids is 1. The smallest absolute Gasteiger partial charge is 0.251 e. The summed E-state index contributed by atoms with van der Waals surface area (Å²) in [6, 6.07) is 6.45. The molecular weight excluding hydrogens is 291 g/mol. The molecule has 0 bridgehead atoms. The van der Waals surface area contributed by atoms with Crippen molar-refractivity contribution in [3.05, 3.63) is 35.6 Å². The number of nitrogens with zero attached hydrogens (tertiary/aromatic N) is 1. The molecule has 0 atom stereocenters. The van der Waals surface area contributed by atoms with E-state index in [1.807, 2.05) is 0 Å². The van der Waals surface area contributed by atoms with Crippen molar-refractivity contribution in [1.82, 2.24) is 10.2 Å². The number of unbranched alkanes of at least 4 members (excludes halogenated alkanes) is 2. The third-order valence-corrected chi connectivity index (χ3v) is 4.78. The molecule has 0 radical (unpaired) electrons. The molecule has 128 valence electrons. The van der Waals surface area contributed by atoms with E-state index in [4.69, 9.17) is 0 Å². The highest BCUT2D eigenvalue weighted by Gasteiger charge is 2.17. The Balaban J connectivity index is 1.53. The Hall–Kier alpha value is -1.42. The molecule has 23 heavy (non-hydrogen) atoms. The largest absolute Gasteiger partial charge is 0.352 e. The van der Waals surface area contributed by atoms with Crippen molar-refractivity contribution in [1.29, 1.82) is 0 Å². The van der Waals surface area contributed by atoms with Crippen LogP contribution in [0, 0.1) is 5.82 Å². The van der Waals surface area contributed by atoms with Gasteiger partial charge in [-0.2, -0.15) is 0 Å². The molecule has 0 unspecified atom stereocenters. The summed E-state index contributed by atoms with van der Waals surface area (Å²) in [5, 5.41) is 2.89. The van der Waals surface area contributed by atoms with Crippen LogP contribution in [0.25, 0.3) is 0 Å². The molecule has 0 spiro atoms. The van der Waals surface area contributed by atoms with Crippen molar-refractivity contribution in [2.45, 2.75) is 57.4 Å². The SMILES string of the molecule is CN(CCCCCNC(=O)c1ccc(F)cc1)C1CCCCC1. The summed E-state index contributed by atoms with van der Waals surface area (Å²) >= 11 is 0. The zero-order chi connectivity index (χ0) is 16.5. The van der Waals surface area contributed by atoms with E-state index in [1.165, 1.54) is 62.8 Å². The Labute approximate surface area is 139 Å². The lowest BCUT2D eigenvalue weighted by atomic mass is 9.94. The van der Waals surface area contributed by atoms with Crippen molar-refractivity contribution in [3.8, 4) is 0 Å². The normalized spacial score (nSPS) is 15.8. The van der Waals surface area contributed by atoms with Gasteiger partial charge in [0, 0.05) is 18.2 Å². The summed E-state index contributed by atoms with van der Waals surface area (Å²) in [4.78, 5) is 14.4. The number of amides is 1. The molecule has 3 nitrogen and oxygen atoms in total. The lowest BCUT2D eigenvalue weighted by Crippen LogP contribution is -2.34. The minimum absolute atomic E-state index is 0.121. The summed E-state index contributed by atoms with van der Waals surface area (Å²) in [5.74, 6) is -0.437. The molecule has 1 amide bonds. The van der Waals surface area contributed by atoms with Crippen LogP contribution in [0.15, 0.2) is 24.3 Å². The summed E-state index contributed by atoms with van der Waals surface area (Å²) in [6.07, 6.45) is 10.2. The number of hydrogen-bond donors (Lipinski definition) is 1. The fourth-order valence-corrected chi connectivity index (χ4v) is 3.27. The van der Waals surface area contributed by atoms with Crippen LogP contribution in [-0.2, 0) is 0 Å². The summed E-state index contributed by atoms with van der Waals surface area (Å²) in [6.45, 7) is 1.83. The van der Waals surface area contributed by atoms with Gasteiger partial charge < -0.3 is 10.2 Å². The van der Waals surface area contributed by atoms with Crippen molar-refractivity contribution in [3.63, 3.8) is 0 Å². The maximum Gasteiger partial charge on any atom is 0.251 e. The Morgan fingerprint density at radius 3 is 2.52 bits per heavy atom. The topological polar surface area (TPSA) is 32.3 Å². The maximum absolute atomic E-state index is 12.8. The van der Waals surface area contributed by atoms with Crippen LogP contribution in [0.2, 0.25) is 0 Å². The zero-order valence-electron chi connectivity index (χ0n) is 14.2. The van der Waals surface area contributed by atoms with E-state index >= 15 is 0 Å². The van der Waals surface area contributed by atoms with E-state index in [0.717, 1.165) is 25.4 Å². The number of hydrogen-bond acceptors (Lipinski definition) is 2. The standard InChI is InChI=1S/C19H29FN2O/c1-22(18-8-4-2-5-9-18)15-7-3-6-14-21-19(23)16-10-12-17(20)13-11-16/h10-13,18H,2-9,14-15H2,1H3,(H,21,23). The Morgan fingerprint density at radius 2 is 1.83 bits per heavy atom. The molecule has 1 aliphatic carbocycles. The fraction of sp³-hybridized carbons (Fsp3) is 0.632. The second-order valence-electron chi connectivity index (χ2n) is 6.60. The highest BCUT2D eigenvalue weighted by molar-refractivity contribution is 5.94. The van der Waals surface area contributed by atoms with Crippen molar-refractivity contribution in [2.24, 2.45) is 0 Å². The number of nitrogens with one attached hydrogen (secondary N) is 1. The van der Waals surface area contributed by atoms with E-state index in [2.05, 4.69) is 17.3 Å². The minimum Gasteiger partial charge on any atom is -0.352 e. The van der Waals surface area contributed by atoms with Crippen molar-refractivity contribution >= 4 is 5.91 Å². The quantitative estimate of drug-likeness (QED) is 0.735. The number of carbonyl (C=O) groups is 1. The van der Waals surface area contributed by atoms with Crippen LogP contribution in [-0.4, -0.2) is 37.0 Å². The molecular formula is C19H29FN2O. The summed E-state index contributed by atoms with van der Waals surface area (Å²) in [7, 11) is 2.24. The van der Waals surface area contributed by atoms with E-state index in [0.29, 0.717) is 12.1 Å². The van der Waals surface area contributed by atoms with Gasteiger partial charge in [-0.05, 0) is 63.5 Å². The van der Waals surface area contributed by atoms with Crippen LogP contribution >= 0.6 is 0 Å². The first-order valence-corrected chi connectivity index (χ1v) is 8.91.